The van der Waals surface area contributed by atoms with Crippen molar-refractivity contribution >= 4 is 23.4 Å². The molecule has 0 aliphatic heterocycles. The van der Waals surface area contributed by atoms with Crippen LogP contribution in [0.15, 0.2) is 97.3 Å². The van der Waals surface area contributed by atoms with Gasteiger partial charge in [-0.3, -0.25) is 14.6 Å². The molecule has 2 amide bonds. The maximum absolute atomic E-state index is 14.0. The predicted molar refractivity (Wildman–Crippen MR) is 155 cm³/mol. The Hall–Kier alpha value is -4.96. The summed E-state index contributed by atoms with van der Waals surface area (Å²) < 4.78 is 13.4. The second-order valence-corrected chi connectivity index (χ2v) is 10.1. The van der Waals surface area contributed by atoms with Crippen LogP contribution in [0.5, 0.6) is 0 Å². The molecule has 42 heavy (non-hydrogen) atoms. The number of benzene rings is 3. The first-order valence-electron chi connectivity index (χ1n) is 13.2. The molecule has 0 unspecified atom stereocenters. The molecule has 0 bridgehead atoms. The van der Waals surface area contributed by atoms with Crippen LogP contribution in [0.3, 0.4) is 0 Å². The summed E-state index contributed by atoms with van der Waals surface area (Å²) >= 11 is 6.48. The number of carbonyl (C=O) groups is 2. The second-order valence-electron chi connectivity index (χ2n) is 9.65. The van der Waals surface area contributed by atoms with E-state index in [0.29, 0.717) is 27.5 Å². The third-order valence-corrected chi connectivity index (χ3v) is 6.99. The van der Waals surface area contributed by atoms with E-state index in [1.165, 1.54) is 21.8 Å². The number of tetrazole rings is 1. The SMILES string of the molecule is Cc1ccc(-c2nnn(CC(=O)N(Cc3ccccc3Cl)[C@@H](C(=O)NCc3ccc(F)cc3)c3ccncc3)n2)cc1. The zero-order valence-electron chi connectivity index (χ0n) is 22.7. The molecule has 0 saturated heterocycles. The molecule has 3 aromatic carbocycles. The molecule has 0 radical (unpaired) electrons. The number of nitrogens with one attached hydrogen (secondary N) is 1. The van der Waals surface area contributed by atoms with Crippen LogP contribution in [0.1, 0.15) is 28.3 Å². The van der Waals surface area contributed by atoms with Gasteiger partial charge in [-0.2, -0.15) is 4.80 Å². The summed E-state index contributed by atoms with van der Waals surface area (Å²) in [6.07, 6.45) is 3.11. The number of halogens is 2. The number of hydrogen-bond acceptors (Lipinski definition) is 6. The Morgan fingerprint density at radius 2 is 1.69 bits per heavy atom. The van der Waals surface area contributed by atoms with Gasteiger partial charge in [0.05, 0.1) is 0 Å². The number of aryl methyl sites for hydroxylation is 1. The molecule has 9 nitrogen and oxygen atoms in total. The molecule has 0 saturated carbocycles. The molecular weight excluding hydrogens is 557 g/mol. The van der Waals surface area contributed by atoms with E-state index >= 15 is 0 Å². The first-order chi connectivity index (χ1) is 20.4. The van der Waals surface area contributed by atoms with Crippen LogP contribution in [0.25, 0.3) is 11.4 Å². The highest BCUT2D eigenvalue weighted by Crippen LogP contribution is 2.27. The molecule has 0 spiro atoms. The van der Waals surface area contributed by atoms with Crippen molar-refractivity contribution < 1.29 is 14.0 Å². The van der Waals surface area contributed by atoms with Gasteiger partial charge in [-0.15, -0.1) is 10.2 Å². The topological polar surface area (TPSA) is 106 Å². The van der Waals surface area contributed by atoms with E-state index < -0.39 is 17.9 Å². The maximum atomic E-state index is 14.0. The Morgan fingerprint density at radius 1 is 0.976 bits per heavy atom. The van der Waals surface area contributed by atoms with Crippen LogP contribution in [0.2, 0.25) is 5.02 Å². The summed E-state index contributed by atoms with van der Waals surface area (Å²) in [6, 6.07) is 22.9. The number of carbonyl (C=O) groups excluding carboxylic acids is 2. The lowest BCUT2D eigenvalue weighted by molar-refractivity contribution is -0.142. The number of nitrogens with zero attached hydrogens (tertiary/aromatic N) is 6. The molecule has 1 atom stereocenters. The zero-order valence-corrected chi connectivity index (χ0v) is 23.4. The minimum atomic E-state index is -1.04. The number of rotatable bonds is 10. The Kier molecular flexibility index (Phi) is 8.93. The standard InChI is InChI=1S/C31H27ClFN7O2/c1-21-6-10-24(11-7-21)30-36-38-40(37-30)20-28(41)39(19-25-4-2-3-5-27(25)32)29(23-14-16-34-17-15-23)31(42)35-18-22-8-12-26(33)13-9-22/h2-17,29H,18-20H2,1H3,(H,35,42)/t29-/m1/s1. The molecule has 0 fully saturated rings. The Balaban J connectivity index is 1.45. The average molecular weight is 584 g/mol. The smallest absolute Gasteiger partial charge is 0.247 e. The molecule has 2 heterocycles. The predicted octanol–water partition coefficient (Wildman–Crippen LogP) is 4.92. The lowest BCUT2D eigenvalue weighted by atomic mass is 10.0. The van der Waals surface area contributed by atoms with E-state index in [9.17, 15) is 14.0 Å². The van der Waals surface area contributed by atoms with E-state index in [-0.39, 0.29) is 25.5 Å². The second kappa shape index (κ2) is 13.1. The van der Waals surface area contributed by atoms with Crippen molar-refractivity contribution in [2.75, 3.05) is 0 Å². The van der Waals surface area contributed by atoms with Crippen molar-refractivity contribution in [2.45, 2.75) is 32.6 Å². The highest BCUT2D eigenvalue weighted by atomic mass is 35.5. The quantitative estimate of drug-likeness (QED) is 0.250. The molecular formula is C31H27ClFN7O2. The molecule has 212 valence electrons. The van der Waals surface area contributed by atoms with E-state index in [2.05, 4.69) is 25.7 Å². The minimum absolute atomic E-state index is 0.0367. The van der Waals surface area contributed by atoms with Crippen LogP contribution < -0.4 is 5.32 Å². The fourth-order valence-corrected chi connectivity index (χ4v) is 4.58. The summed E-state index contributed by atoms with van der Waals surface area (Å²) in [5.74, 6) is -0.856. The summed E-state index contributed by atoms with van der Waals surface area (Å²) in [5, 5.41) is 15.9. The third-order valence-electron chi connectivity index (χ3n) is 6.62. The number of hydrogen-bond donors (Lipinski definition) is 1. The lowest BCUT2D eigenvalue weighted by Crippen LogP contribution is -2.44. The van der Waals surface area contributed by atoms with Crippen molar-refractivity contribution in [3.05, 3.63) is 130 Å². The molecule has 1 N–H and O–H groups in total. The summed E-state index contributed by atoms with van der Waals surface area (Å²) in [7, 11) is 0. The first kappa shape index (κ1) is 28.6. The van der Waals surface area contributed by atoms with Crippen molar-refractivity contribution in [3.63, 3.8) is 0 Å². The van der Waals surface area contributed by atoms with Crippen molar-refractivity contribution in [2.24, 2.45) is 0 Å². The van der Waals surface area contributed by atoms with Gasteiger partial charge in [0.25, 0.3) is 0 Å². The van der Waals surface area contributed by atoms with Crippen molar-refractivity contribution in [3.8, 4) is 11.4 Å². The minimum Gasteiger partial charge on any atom is -0.350 e. The molecule has 11 heteroatoms. The van der Waals surface area contributed by atoms with Crippen molar-refractivity contribution in [1.82, 2.24) is 35.4 Å². The van der Waals surface area contributed by atoms with Crippen LogP contribution >= 0.6 is 11.6 Å². The maximum Gasteiger partial charge on any atom is 0.247 e. The van der Waals surface area contributed by atoms with Gasteiger partial charge < -0.3 is 10.2 Å². The van der Waals surface area contributed by atoms with Gasteiger partial charge in [0.1, 0.15) is 18.4 Å². The number of aromatic nitrogens is 5. The highest BCUT2D eigenvalue weighted by molar-refractivity contribution is 6.31. The van der Waals surface area contributed by atoms with Gasteiger partial charge in [0.15, 0.2) is 0 Å². The van der Waals surface area contributed by atoms with Crippen LogP contribution in [-0.2, 0) is 29.2 Å². The Labute approximate surface area is 247 Å². The van der Waals surface area contributed by atoms with Crippen LogP contribution in [0, 0.1) is 12.7 Å². The summed E-state index contributed by atoms with van der Waals surface area (Å²) in [4.78, 5) is 34.5. The Bertz CT molecular complexity index is 1660. The van der Waals surface area contributed by atoms with Gasteiger partial charge in [0.2, 0.25) is 17.6 Å². The van der Waals surface area contributed by atoms with Gasteiger partial charge in [0, 0.05) is 36.1 Å². The molecule has 2 aromatic heterocycles. The van der Waals surface area contributed by atoms with E-state index in [4.69, 9.17) is 11.6 Å². The zero-order chi connectivity index (χ0) is 29.5. The number of amides is 2. The van der Waals surface area contributed by atoms with Gasteiger partial charge in [-0.1, -0.05) is 71.8 Å². The largest absolute Gasteiger partial charge is 0.350 e. The van der Waals surface area contributed by atoms with E-state index in [0.717, 1.165) is 11.1 Å². The fraction of sp³-hybridized carbons (Fsp3) is 0.161. The van der Waals surface area contributed by atoms with Crippen LogP contribution in [0.4, 0.5) is 4.39 Å². The number of pyridine rings is 1. The Morgan fingerprint density at radius 3 is 2.40 bits per heavy atom. The average Bonchev–Trinajstić information content (AvgIpc) is 3.46. The van der Waals surface area contributed by atoms with E-state index in [1.807, 2.05) is 37.3 Å². The monoisotopic (exact) mass is 583 g/mol. The third kappa shape index (κ3) is 7.02. The molecule has 5 aromatic rings. The van der Waals surface area contributed by atoms with Crippen LogP contribution in [-0.4, -0.2) is 41.9 Å². The summed E-state index contributed by atoms with van der Waals surface area (Å²) in [5.41, 5.74) is 3.77. The highest BCUT2D eigenvalue weighted by Gasteiger charge is 2.32. The van der Waals surface area contributed by atoms with Gasteiger partial charge in [-0.05, 0) is 59.2 Å². The normalized spacial score (nSPS) is 11.6. The first-order valence-corrected chi connectivity index (χ1v) is 13.5. The van der Waals surface area contributed by atoms with Crippen molar-refractivity contribution in [1.29, 1.82) is 0 Å². The molecule has 5 rings (SSSR count). The summed E-state index contributed by atoms with van der Waals surface area (Å²) in [6.45, 7) is 1.89. The molecule has 0 aliphatic rings. The fourth-order valence-electron chi connectivity index (χ4n) is 4.38. The molecule has 0 aliphatic carbocycles. The van der Waals surface area contributed by atoms with Gasteiger partial charge in [-0.25, -0.2) is 4.39 Å². The lowest BCUT2D eigenvalue weighted by Gasteiger charge is -2.31. The van der Waals surface area contributed by atoms with E-state index in [1.54, 1.807) is 54.9 Å². The van der Waals surface area contributed by atoms with Gasteiger partial charge >= 0.3 is 0 Å².